The minimum Gasteiger partial charge on any atom is -0.484 e. The second-order valence-corrected chi connectivity index (χ2v) is 10.8. The highest BCUT2D eigenvalue weighted by Crippen LogP contribution is 2.47. The fraction of sp³-hybridized carbons (Fsp3) is 0.312. The summed E-state index contributed by atoms with van der Waals surface area (Å²) in [6.45, 7) is 11.3. The second kappa shape index (κ2) is 8.65. The molecular formula is C32H35N3O. The highest BCUT2D eigenvalue weighted by atomic mass is 16.5. The smallest absolute Gasteiger partial charge is 0.138 e. The molecule has 3 heterocycles. The van der Waals surface area contributed by atoms with Crippen molar-refractivity contribution in [1.82, 2.24) is 9.47 Å². The first-order valence-corrected chi connectivity index (χ1v) is 13.0. The van der Waals surface area contributed by atoms with Crippen LogP contribution in [0.5, 0.6) is 5.75 Å². The van der Waals surface area contributed by atoms with Crippen molar-refractivity contribution in [2.75, 3.05) is 19.6 Å². The molecule has 0 spiro atoms. The van der Waals surface area contributed by atoms with Gasteiger partial charge in [0.15, 0.2) is 0 Å². The number of aryl methyl sites for hydroxylation is 2. The molecule has 0 fully saturated rings. The maximum atomic E-state index is 6.83. The summed E-state index contributed by atoms with van der Waals surface area (Å²) in [6, 6.07) is 21.4. The Kier molecular flexibility index (Phi) is 5.55. The van der Waals surface area contributed by atoms with Gasteiger partial charge in [-0.25, -0.2) is 0 Å². The molecule has 2 unspecified atom stereocenters. The molecule has 1 aromatic heterocycles. The molecule has 6 rings (SSSR count). The standard InChI is InChI=1S/C32H35N3O/c1-21-18-22(2)29-30(23(21)3)36-32(4,31(29)33)20-34-16-14-24(15-17-34)27-19-35(25-10-6-5-7-11-25)28-13-9-8-12-26(27)28/h5-14,18-19,31H,15-17,20,33H2,1-4H3. The fourth-order valence-corrected chi connectivity index (χ4v) is 6.10. The predicted octanol–water partition coefficient (Wildman–Crippen LogP) is 6.50. The third kappa shape index (κ3) is 3.68. The van der Waals surface area contributed by atoms with E-state index in [1.165, 1.54) is 50.0 Å². The van der Waals surface area contributed by atoms with Crippen molar-refractivity contribution in [3.63, 3.8) is 0 Å². The average molecular weight is 478 g/mol. The Morgan fingerprint density at radius 1 is 1.00 bits per heavy atom. The average Bonchev–Trinajstić information content (AvgIpc) is 3.40. The van der Waals surface area contributed by atoms with E-state index in [1.54, 1.807) is 0 Å². The van der Waals surface area contributed by atoms with E-state index in [-0.39, 0.29) is 6.04 Å². The highest BCUT2D eigenvalue weighted by Gasteiger charge is 2.45. The van der Waals surface area contributed by atoms with Crippen LogP contribution >= 0.6 is 0 Å². The lowest BCUT2D eigenvalue weighted by atomic mass is 9.88. The summed E-state index contributed by atoms with van der Waals surface area (Å²) in [6.07, 6.45) is 5.72. The third-order valence-electron chi connectivity index (χ3n) is 8.26. The normalized spacial score (nSPS) is 21.9. The van der Waals surface area contributed by atoms with Crippen LogP contribution in [0, 0.1) is 20.8 Å². The van der Waals surface area contributed by atoms with Crippen LogP contribution in [0.2, 0.25) is 0 Å². The quantitative estimate of drug-likeness (QED) is 0.365. The van der Waals surface area contributed by atoms with Gasteiger partial charge in [0, 0.05) is 48.0 Å². The fourth-order valence-electron chi connectivity index (χ4n) is 6.10. The molecule has 4 aromatic rings. The molecule has 2 N–H and O–H groups in total. The molecule has 36 heavy (non-hydrogen) atoms. The minimum atomic E-state index is -0.430. The molecule has 0 saturated carbocycles. The van der Waals surface area contributed by atoms with Gasteiger partial charge in [-0.1, -0.05) is 48.5 Å². The Labute approximate surface area is 214 Å². The molecule has 4 nitrogen and oxygen atoms in total. The number of para-hydroxylation sites is 2. The van der Waals surface area contributed by atoms with Crippen LogP contribution in [-0.4, -0.2) is 34.7 Å². The van der Waals surface area contributed by atoms with Gasteiger partial charge in [0.2, 0.25) is 0 Å². The summed E-state index contributed by atoms with van der Waals surface area (Å²) in [5.74, 6) is 1.00. The maximum Gasteiger partial charge on any atom is 0.138 e. The number of fused-ring (bicyclic) bond motifs is 2. The lowest BCUT2D eigenvalue weighted by Gasteiger charge is -2.36. The van der Waals surface area contributed by atoms with Gasteiger partial charge in [-0.15, -0.1) is 0 Å². The number of nitrogens with two attached hydrogens (primary N) is 1. The first-order valence-electron chi connectivity index (χ1n) is 13.0. The molecule has 0 amide bonds. The second-order valence-electron chi connectivity index (χ2n) is 10.8. The first-order chi connectivity index (χ1) is 17.4. The van der Waals surface area contributed by atoms with E-state index in [2.05, 4.69) is 110 Å². The van der Waals surface area contributed by atoms with E-state index >= 15 is 0 Å². The van der Waals surface area contributed by atoms with E-state index in [4.69, 9.17) is 10.5 Å². The van der Waals surface area contributed by atoms with Gasteiger partial charge in [0.25, 0.3) is 0 Å². The summed E-state index contributed by atoms with van der Waals surface area (Å²) in [5.41, 5.74) is 16.5. The molecule has 0 radical (unpaired) electrons. The van der Waals surface area contributed by atoms with Crippen LogP contribution in [0.15, 0.2) is 72.9 Å². The lowest BCUT2D eigenvalue weighted by Crippen LogP contribution is -2.50. The number of ether oxygens (including phenoxy) is 1. The summed E-state index contributed by atoms with van der Waals surface area (Å²) < 4.78 is 8.95. The van der Waals surface area contributed by atoms with Crippen LogP contribution in [0.3, 0.4) is 0 Å². The minimum absolute atomic E-state index is 0.124. The Hall–Kier alpha value is -3.34. The van der Waals surface area contributed by atoms with E-state index in [9.17, 15) is 0 Å². The van der Waals surface area contributed by atoms with Gasteiger partial charge >= 0.3 is 0 Å². The SMILES string of the molecule is Cc1cc(C)c2c(c1C)OC(C)(CN1CC=C(c3cn(-c4ccccc4)c4ccccc34)CC1)C2N. The molecule has 4 heteroatoms. The lowest BCUT2D eigenvalue weighted by molar-refractivity contribution is 0.0464. The number of hydrogen-bond donors (Lipinski definition) is 1. The van der Waals surface area contributed by atoms with Crippen molar-refractivity contribution >= 4 is 16.5 Å². The third-order valence-corrected chi connectivity index (χ3v) is 8.26. The van der Waals surface area contributed by atoms with Crippen molar-refractivity contribution in [2.24, 2.45) is 5.73 Å². The highest BCUT2D eigenvalue weighted by molar-refractivity contribution is 5.94. The van der Waals surface area contributed by atoms with Crippen molar-refractivity contribution in [3.05, 3.63) is 101 Å². The zero-order valence-corrected chi connectivity index (χ0v) is 21.7. The van der Waals surface area contributed by atoms with Gasteiger partial charge in [-0.3, -0.25) is 4.90 Å². The molecule has 0 saturated heterocycles. The summed E-state index contributed by atoms with van der Waals surface area (Å²) in [4.78, 5) is 2.49. The van der Waals surface area contributed by atoms with Gasteiger partial charge in [-0.05, 0) is 74.6 Å². The largest absolute Gasteiger partial charge is 0.484 e. The van der Waals surface area contributed by atoms with Crippen LogP contribution < -0.4 is 10.5 Å². The molecule has 0 aliphatic carbocycles. The van der Waals surface area contributed by atoms with Gasteiger partial charge < -0.3 is 15.0 Å². The monoisotopic (exact) mass is 477 g/mol. The predicted molar refractivity (Wildman–Crippen MR) is 149 cm³/mol. The topological polar surface area (TPSA) is 43.4 Å². The summed E-state index contributed by atoms with van der Waals surface area (Å²) in [5, 5.41) is 1.31. The Morgan fingerprint density at radius 3 is 2.50 bits per heavy atom. The van der Waals surface area contributed by atoms with Crippen molar-refractivity contribution in [2.45, 2.75) is 45.8 Å². The number of rotatable bonds is 4. The van der Waals surface area contributed by atoms with E-state index < -0.39 is 5.60 Å². The summed E-state index contributed by atoms with van der Waals surface area (Å²) in [7, 11) is 0. The number of hydrogen-bond acceptors (Lipinski definition) is 3. The van der Waals surface area contributed by atoms with Crippen LogP contribution in [0.1, 0.15) is 47.2 Å². The van der Waals surface area contributed by atoms with Gasteiger partial charge in [-0.2, -0.15) is 0 Å². The number of aromatic nitrogens is 1. The Bertz CT molecular complexity index is 1480. The van der Waals surface area contributed by atoms with Crippen molar-refractivity contribution in [3.8, 4) is 11.4 Å². The van der Waals surface area contributed by atoms with E-state index in [1.807, 2.05) is 0 Å². The molecule has 0 bridgehead atoms. The van der Waals surface area contributed by atoms with Gasteiger partial charge in [0.05, 0.1) is 11.6 Å². The zero-order chi connectivity index (χ0) is 25.0. The Morgan fingerprint density at radius 2 is 1.75 bits per heavy atom. The number of benzene rings is 3. The molecule has 184 valence electrons. The molecular weight excluding hydrogens is 442 g/mol. The molecule has 2 aliphatic rings. The van der Waals surface area contributed by atoms with Crippen molar-refractivity contribution in [1.29, 1.82) is 0 Å². The molecule has 2 atom stereocenters. The summed E-state index contributed by atoms with van der Waals surface area (Å²) >= 11 is 0. The van der Waals surface area contributed by atoms with Crippen LogP contribution in [0.25, 0.3) is 22.2 Å². The van der Waals surface area contributed by atoms with Crippen molar-refractivity contribution < 1.29 is 4.74 Å². The Balaban J connectivity index is 1.25. The molecule has 3 aromatic carbocycles. The van der Waals surface area contributed by atoms with E-state index in [0.717, 1.165) is 31.8 Å². The first kappa shape index (κ1) is 23.1. The van der Waals surface area contributed by atoms with Gasteiger partial charge in [0.1, 0.15) is 11.4 Å². The zero-order valence-electron chi connectivity index (χ0n) is 21.7. The van der Waals surface area contributed by atoms with E-state index in [0.29, 0.717) is 0 Å². The molecule has 2 aliphatic heterocycles. The van der Waals surface area contributed by atoms with Crippen LogP contribution in [-0.2, 0) is 0 Å². The maximum absolute atomic E-state index is 6.83. The van der Waals surface area contributed by atoms with Crippen LogP contribution in [0.4, 0.5) is 0 Å². The number of nitrogens with zero attached hydrogens (tertiary/aromatic N) is 2.